The number of hydrogen-bond acceptors (Lipinski definition) is 4. The minimum Gasteiger partial charge on any atom is -0.293 e. The number of carbonyl (C=O) groups excluding carboxylic acids is 1. The summed E-state index contributed by atoms with van der Waals surface area (Å²) in [6, 6.07) is 2.66. The zero-order valence-electron chi connectivity index (χ0n) is 6.89. The van der Waals surface area contributed by atoms with Crippen LogP contribution < -0.4 is 5.14 Å². The average molecular weight is 200 g/mol. The third-order valence-corrected chi connectivity index (χ3v) is 2.35. The van der Waals surface area contributed by atoms with E-state index in [2.05, 4.69) is 4.98 Å². The Bertz CT molecular complexity index is 439. The fourth-order valence-corrected chi connectivity index (χ4v) is 1.62. The molecule has 0 atom stereocenters. The normalized spacial score (nSPS) is 11.2. The topological polar surface area (TPSA) is 90.1 Å². The average Bonchev–Trinajstić information content (AvgIpc) is 2.03. The van der Waals surface area contributed by atoms with Crippen LogP contribution in [0.3, 0.4) is 0 Å². The van der Waals surface area contributed by atoms with Gasteiger partial charge in [0.15, 0.2) is 5.78 Å². The van der Waals surface area contributed by atoms with Crippen LogP contribution in [0.15, 0.2) is 23.2 Å². The second kappa shape index (κ2) is 3.23. The van der Waals surface area contributed by atoms with Gasteiger partial charge in [0, 0.05) is 13.1 Å². The first-order chi connectivity index (χ1) is 5.93. The van der Waals surface area contributed by atoms with Crippen LogP contribution in [-0.4, -0.2) is 19.2 Å². The standard InChI is InChI=1S/C7H8N2O3S/c1-5(10)7-6(13(8,11)12)3-2-4-9-7/h2-4H,1H3,(H2,8,11,12). The monoisotopic (exact) mass is 200 g/mol. The Morgan fingerprint density at radius 2 is 2.15 bits per heavy atom. The zero-order valence-corrected chi connectivity index (χ0v) is 7.71. The minimum absolute atomic E-state index is 0.120. The molecule has 0 aliphatic carbocycles. The number of sulfonamides is 1. The molecular weight excluding hydrogens is 192 g/mol. The molecule has 0 aromatic carbocycles. The molecule has 2 N–H and O–H groups in total. The van der Waals surface area contributed by atoms with Crippen molar-refractivity contribution in [3.8, 4) is 0 Å². The third-order valence-electron chi connectivity index (χ3n) is 1.41. The number of primary sulfonamides is 1. The van der Waals surface area contributed by atoms with Gasteiger partial charge in [-0.1, -0.05) is 0 Å². The Hall–Kier alpha value is -1.27. The van der Waals surface area contributed by atoms with Gasteiger partial charge in [0.25, 0.3) is 0 Å². The molecule has 0 bridgehead atoms. The molecule has 0 amide bonds. The van der Waals surface area contributed by atoms with Gasteiger partial charge < -0.3 is 0 Å². The van der Waals surface area contributed by atoms with Gasteiger partial charge in [0.1, 0.15) is 10.6 Å². The SMILES string of the molecule is CC(=O)c1ncccc1S(N)(=O)=O. The van der Waals surface area contributed by atoms with Crippen molar-refractivity contribution in [3.63, 3.8) is 0 Å². The molecule has 0 aliphatic rings. The lowest BCUT2D eigenvalue weighted by Gasteiger charge is -2.01. The van der Waals surface area contributed by atoms with Crippen molar-refractivity contribution >= 4 is 15.8 Å². The number of Topliss-reactive ketones (excluding diaryl/α,β-unsaturated/α-hetero) is 1. The summed E-state index contributed by atoms with van der Waals surface area (Å²) in [5, 5.41) is 4.88. The number of nitrogens with zero attached hydrogens (tertiary/aromatic N) is 1. The largest absolute Gasteiger partial charge is 0.293 e. The van der Waals surface area contributed by atoms with E-state index in [1.54, 1.807) is 0 Å². The molecule has 1 aromatic heterocycles. The highest BCUT2D eigenvalue weighted by Crippen LogP contribution is 2.10. The smallest absolute Gasteiger partial charge is 0.240 e. The summed E-state index contributed by atoms with van der Waals surface area (Å²) < 4.78 is 21.9. The lowest BCUT2D eigenvalue weighted by atomic mass is 10.3. The molecule has 13 heavy (non-hydrogen) atoms. The van der Waals surface area contributed by atoms with Crippen LogP contribution in [0.4, 0.5) is 0 Å². The van der Waals surface area contributed by atoms with Crippen LogP contribution in [-0.2, 0) is 10.0 Å². The van der Waals surface area contributed by atoms with Gasteiger partial charge >= 0.3 is 0 Å². The number of rotatable bonds is 2. The molecule has 0 saturated carbocycles. The van der Waals surface area contributed by atoms with Crippen molar-refractivity contribution in [3.05, 3.63) is 24.0 Å². The molecule has 1 heterocycles. The van der Waals surface area contributed by atoms with Crippen LogP contribution in [0, 0.1) is 0 Å². The number of nitrogens with two attached hydrogens (primary N) is 1. The third kappa shape index (κ3) is 2.10. The number of aromatic nitrogens is 1. The first-order valence-electron chi connectivity index (χ1n) is 3.41. The molecule has 6 heteroatoms. The van der Waals surface area contributed by atoms with E-state index in [1.165, 1.54) is 25.3 Å². The van der Waals surface area contributed by atoms with Gasteiger partial charge in [-0.2, -0.15) is 0 Å². The first-order valence-corrected chi connectivity index (χ1v) is 4.96. The lowest BCUT2D eigenvalue weighted by Crippen LogP contribution is -2.16. The van der Waals surface area contributed by atoms with E-state index >= 15 is 0 Å². The summed E-state index contributed by atoms with van der Waals surface area (Å²) in [6.07, 6.45) is 1.34. The van der Waals surface area contributed by atoms with Crippen LogP contribution in [0.5, 0.6) is 0 Å². The summed E-state index contributed by atoms with van der Waals surface area (Å²) in [5.74, 6) is -0.426. The van der Waals surface area contributed by atoms with Gasteiger partial charge in [-0.15, -0.1) is 0 Å². The van der Waals surface area contributed by atoms with Crippen molar-refractivity contribution in [2.75, 3.05) is 0 Å². The Morgan fingerprint density at radius 3 is 2.54 bits per heavy atom. The van der Waals surface area contributed by atoms with E-state index in [-0.39, 0.29) is 10.6 Å². The van der Waals surface area contributed by atoms with Crippen molar-refractivity contribution in [1.82, 2.24) is 4.98 Å². The number of ketones is 1. The molecule has 1 aromatic rings. The first kappa shape index (κ1) is 9.82. The fraction of sp³-hybridized carbons (Fsp3) is 0.143. The Morgan fingerprint density at radius 1 is 1.54 bits per heavy atom. The predicted molar refractivity (Wildman–Crippen MR) is 45.6 cm³/mol. The van der Waals surface area contributed by atoms with E-state index in [0.29, 0.717) is 0 Å². The summed E-state index contributed by atoms with van der Waals surface area (Å²) >= 11 is 0. The highest BCUT2D eigenvalue weighted by Gasteiger charge is 2.16. The highest BCUT2D eigenvalue weighted by atomic mass is 32.2. The zero-order chi connectivity index (χ0) is 10.1. The van der Waals surface area contributed by atoms with Gasteiger partial charge in [-0.3, -0.25) is 9.78 Å². The van der Waals surface area contributed by atoms with Crippen molar-refractivity contribution in [1.29, 1.82) is 0 Å². The van der Waals surface area contributed by atoms with Gasteiger partial charge in [0.05, 0.1) is 0 Å². The molecular formula is C7H8N2O3S. The number of hydrogen-bond donors (Lipinski definition) is 1. The van der Waals surface area contributed by atoms with Crippen LogP contribution >= 0.6 is 0 Å². The molecule has 0 saturated heterocycles. The lowest BCUT2D eigenvalue weighted by molar-refractivity contribution is 0.100. The van der Waals surface area contributed by atoms with Crippen LogP contribution in [0.25, 0.3) is 0 Å². The van der Waals surface area contributed by atoms with Crippen LogP contribution in [0.1, 0.15) is 17.4 Å². The van der Waals surface area contributed by atoms with Crippen molar-refractivity contribution < 1.29 is 13.2 Å². The molecule has 0 unspecified atom stereocenters. The second-order valence-electron chi connectivity index (χ2n) is 2.45. The Kier molecular flexibility index (Phi) is 2.44. The van der Waals surface area contributed by atoms with Gasteiger partial charge in [-0.25, -0.2) is 13.6 Å². The molecule has 0 radical (unpaired) electrons. The molecule has 0 fully saturated rings. The van der Waals surface area contributed by atoms with E-state index in [9.17, 15) is 13.2 Å². The number of carbonyl (C=O) groups is 1. The maximum atomic E-state index is 10.9. The van der Waals surface area contributed by atoms with E-state index in [4.69, 9.17) is 5.14 Å². The summed E-state index contributed by atoms with van der Waals surface area (Å²) in [5.41, 5.74) is -0.120. The molecule has 0 spiro atoms. The maximum Gasteiger partial charge on any atom is 0.240 e. The molecule has 5 nitrogen and oxygen atoms in total. The maximum absolute atomic E-state index is 10.9. The predicted octanol–water partition coefficient (Wildman–Crippen LogP) is -0.0684. The molecule has 70 valence electrons. The van der Waals surface area contributed by atoms with E-state index in [1.807, 2.05) is 0 Å². The second-order valence-corrected chi connectivity index (χ2v) is 3.98. The Balaban J connectivity index is 3.46. The van der Waals surface area contributed by atoms with E-state index in [0.717, 1.165) is 0 Å². The summed E-state index contributed by atoms with van der Waals surface area (Å²) in [6.45, 7) is 1.23. The molecule has 0 aliphatic heterocycles. The van der Waals surface area contributed by atoms with Crippen molar-refractivity contribution in [2.45, 2.75) is 11.8 Å². The van der Waals surface area contributed by atoms with Crippen molar-refractivity contribution in [2.24, 2.45) is 5.14 Å². The number of pyridine rings is 1. The van der Waals surface area contributed by atoms with Crippen LogP contribution in [0.2, 0.25) is 0 Å². The summed E-state index contributed by atoms with van der Waals surface area (Å²) in [7, 11) is -3.86. The van der Waals surface area contributed by atoms with E-state index < -0.39 is 15.8 Å². The quantitative estimate of drug-likeness (QED) is 0.676. The summed E-state index contributed by atoms with van der Waals surface area (Å²) in [4.78, 5) is 14.3. The van der Waals surface area contributed by atoms with Gasteiger partial charge in [0.2, 0.25) is 10.0 Å². The minimum atomic E-state index is -3.86. The highest BCUT2D eigenvalue weighted by molar-refractivity contribution is 7.89. The fourth-order valence-electron chi connectivity index (χ4n) is 0.885. The molecule has 1 rings (SSSR count). The Labute approximate surface area is 75.6 Å². The van der Waals surface area contributed by atoms with Gasteiger partial charge in [-0.05, 0) is 12.1 Å².